The molecule has 9 rings (SSSR count). The van der Waals surface area contributed by atoms with Crippen molar-refractivity contribution in [1.29, 1.82) is 5.41 Å². The molecule has 0 radical (unpaired) electrons. The molecule has 15 N–H and O–H groups in total. The molecule has 0 saturated heterocycles. The summed E-state index contributed by atoms with van der Waals surface area (Å²) in [5.41, 5.74) is 19.3. The highest BCUT2D eigenvalue weighted by Gasteiger charge is 2.46. The van der Waals surface area contributed by atoms with Crippen molar-refractivity contribution in [2.75, 3.05) is 40.9 Å². The third-order valence-electron chi connectivity index (χ3n) is 15.1. The fraction of sp³-hybridized carbons (Fsp3) is 0.333. The van der Waals surface area contributed by atoms with Gasteiger partial charge in [-0.25, -0.2) is 4.79 Å². The summed E-state index contributed by atoms with van der Waals surface area (Å²) in [6, 6.07) is 29.7. The number of aliphatic carboxylic acids is 1. The van der Waals surface area contributed by atoms with Crippen LogP contribution in [0.1, 0.15) is 114 Å². The lowest BCUT2D eigenvalue weighted by Crippen LogP contribution is -2.52. The number of carboxylic acids is 1. The van der Waals surface area contributed by atoms with Gasteiger partial charge in [0, 0.05) is 56.9 Å². The number of carbonyl (C=O) groups is 4. The smallest absolute Gasteiger partial charge is 0.422 e. The largest absolute Gasteiger partial charge is 0.480 e. The van der Waals surface area contributed by atoms with E-state index in [2.05, 4.69) is 88.2 Å². The highest BCUT2D eigenvalue weighted by atomic mass is 35.5. The first-order chi connectivity index (χ1) is 48.5. The Morgan fingerprint density at radius 3 is 1.45 bits per heavy atom. The zero-order valence-electron chi connectivity index (χ0n) is 56.8. The first kappa shape index (κ1) is 68.4. The molecule has 0 spiro atoms. The van der Waals surface area contributed by atoms with Crippen LogP contribution < -0.4 is 63.9 Å². The number of carboxylic acid groups (broad SMARTS) is 1. The molecule has 0 bridgehead atoms. The molecule has 2 aromatic heterocycles. The van der Waals surface area contributed by atoms with E-state index < -0.39 is 90.4 Å². The minimum absolute atomic E-state index is 0.0229. The minimum Gasteiger partial charge on any atom is -0.480 e. The van der Waals surface area contributed by atoms with E-state index in [4.69, 9.17) is 51.3 Å². The maximum atomic E-state index is 13.4. The molecule has 33 heteroatoms. The van der Waals surface area contributed by atoms with Crippen molar-refractivity contribution >= 4 is 93.7 Å². The summed E-state index contributed by atoms with van der Waals surface area (Å²) in [5, 5.41) is 38.4. The van der Waals surface area contributed by atoms with Gasteiger partial charge in [-0.2, -0.15) is 56.2 Å². The third-order valence-corrected chi connectivity index (χ3v) is 15.6. The maximum absolute atomic E-state index is 13.4. The first-order valence-corrected chi connectivity index (χ1v) is 31.3. The van der Waals surface area contributed by atoms with E-state index in [-0.39, 0.29) is 65.1 Å². The molecule has 5 aromatic carbocycles. The van der Waals surface area contributed by atoms with Crippen LogP contribution in [-0.4, -0.2) is 121 Å². The van der Waals surface area contributed by atoms with Crippen molar-refractivity contribution < 1.29 is 65.6 Å². The van der Waals surface area contributed by atoms with Gasteiger partial charge in [-0.3, -0.25) is 19.4 Å². The number of nitrogens with two attached hydrogens (primary N) is 3. The quantitative estimate of drug-likeness (QED) is 0.00787. The number of ether oxygens (including phenoxy) is 2. The van der Waals surface area contributed by atoms with Crippen molar-refractivity contribution in [2.45, 2.75) is 119 Å². The Balaban J connectivity index is 0.000000267. The van der Waals surface area contributed by atoms with Gasteiger partial charge in [0.2, 0.25) is 29.7 Å². The highest BCUT2D eigenvalue weighted by molar-refractivity contribution is 6.30. The monoisotopic (exact) mass is 1420 g/mol. The number of rotatable bonds is 33. The molecular weight excluding hydrogens is 1340 g/mol. The molecule has 2 fully saturated rings. The number of nitrogens with zero attached hydrogens (tertiary/aromatic N) is 7. The lowest BCUT2D eigenvalue weighted by Gasteiger charge is -2.22. The number of carbonyl (C=O) groups excluding carboxylic acids is 3. The van der Waals surface area contributed by atoms with Gasteiger partial charge in [-0.15, -0.1) is 0 Å². The molecule has 2 heterocycles. The summed E-state index contributed by atoms with van der Waals surface area (Å²) in [7, 11) is 0. The number of unbranched alkanes of at least 4 members (excludes halogenated alkanes) is 1. The summed E-state index contributed by atoms with van der Waals surface area (Å²) in [5.74, 6) is -3.94. The van der Waals surface area contributed by atoms with Crippen molar-refractivity contribution in [3.05, 3.63) is 178 Å². The number of benzene rings is 5. The van der Waals surface area contributed by atoms with Gasteiger partial charge in [0.05, 0.1) is 22.6 Å². The number of hydrogen-bond acceptors (Lipinski definition) is 19. The van der Waals surface area contributed by atoms with Crippen LogP contribution in [0.25, 0.3) is 0 Å². The standard InChI is InChI=1S/C38H40ClF3N8O5.C28H32ClF3N10O2/c1-23(43)7-5-6-10-29(32(52)46-30(33(53)54)21-24-8-3-2-4-9-24)45-31(51)25-11-17-28(18-12-25)44-34-47-35(49-36(48-34)55-22-38(40,41)42)50-37(19-20-37)26-13-15-27(39)16-14-26;1-16(33)21(3-2-14-36-23(34)35)38-22(43)17-4-10-20(11-5-17)37-24-39-25(41-26(40-24)44-15-28(30,31)32)42-27(12-13-27)18-6-8-19(29)9-7-18/h2-4,8-9,11-18,29-30,43H,5-7,10,19-22H2,1H3,(H,45,51)(H,46,52)(H,53,54)(H2,44,47,48,49,50);4-11,21H,1-3,12-15,33H2,(H,38,43)(H4,34,35,36)(H2,37,39,40,41,42)/t29-,30+;21-/m10/s1/i22D2;15D2. The number of amides is 3. The second kappa shape index (κ2) is 33.6. The summed E-state index contributed by atoms with van der Waals surface area (Å²) >= 11 is 12.0. The number of aliphatic imine (C=N–C) groups is 1. The molecule has 2 aliphatic rings. The zero-order valence-corrected chi connectivity index (χ0v) is 54.3. The van der Waals surface area contributed by atoms with Crippen LogP contribution in [0.2, 0.25) is 10.0 Å². The molecule has 2 aliphatic carbocycles. The van der Waals surface area contributed by atoms with E-state index in [0.717, 1.165) is 11.1 Å². The van der Waals surface area contributed by atoms with Gasteiger partial charge in [-0.1, -0.05) is 90.8 Å². The fourth-order valence-corrected chi connectivity index (χ4v) is 10.0. The van der Waals surface area contributed by atoms with E-state index in [1.54, 1.807) is 85.8 Å². The molecule has 2 saturated carbocycles. The summed E-state index contributed by atoms with van der Waals surface area (Å²) in [4.78, 5) is 79.7. The Kier molecular flexibility index (Phi) is 23.2. The predicted molar refractivity (Wildman–Crippen MR) is 362 cm³/mol. The molecule has 25 nitrogen and oxygen atoms in total. The Morgan fingerprint density at radius 1 is 0.616 bits per heavy atom. The number of anilines is 6. The Hall–Kier alpha value is -10.6. The average molecular weight is 1420 g/mol. The van der Waals surface area contributed by atoms with Crippen molar-refractivity contribution in [1.82, 2.24) is 45.9 Å². The van der Waals surface area contributed by atoms with Gasteiger partial charge in [-0.05, 0) is 154 Å². The van der Waals surface area contributed by atoms with Crippen molar-refractivity contribution in [3.8, 4) is 12.0 Å². The van der Waals surface area contributed by atoms with Crippen LogP contribution >= 0.6 is 23.2 Å². The summed E-state index contributed by atoms with van der Waals surface area (Å²) in [6.07, 6.45) is -5.45. The van der Waals surface area contributed by atoms with Crippen LogP contribution in [0.5, 0.6) is 12.0 Å². The van der Waals surface area contributed by atoms with E-state index in [1.165, 1.54) is 48.5 Å². The van der Waals surface area contributed by atoms with Crippen LogP contribution in [-0.2, 0) is 27.1 Å². The van der Waals surface area contributed by atoms with Gasteiger partial charge in [0.15, 0.2) is 19.1 Å². The maximum Gasteiger partial charge on any atom is 0.422 e. The molecular formula is C66H72Cl2F6N18O7. The SMILES string of the molecule is [2H]C([2H])(Oc1nc(Nc2ccc(C(=O)N[C@@H](CCCN=C(N)N)C(=C)N)cc2)nc(NC2(c3ccc(Cl)cc3)CC2)n1)C(F)(F)F.[2H]C([2H])(Oc1nc(Nc2ccc(C(=O)N[C@H](CCCCC(C)=N)C(=O)N[C@@H](Cc3ccccc3)C(=O)O)cc2)nc(NC2(c3ccc(Cl)cc3)CC2)n1)C(F)(F)F. The second-order valence-corrected chi connectivity index (χ2v) is 23.8. The number of nitrogens with one attached hydrogen (secondary N) is 8. The molecule has 7 aromatic rings. The number of alkyl halides is 6. The van der Waals surface area contributed by atoms with E-state index in [1.807, 2.05) is 0 Å². The summed E-state index contributed by atoms with van der Waals surface area (Å²) < 4.78 is 119. The Labute approximate surface area is 580 Å². The van der Waals surface area contributed by atoms with Crippen LogP contribution in [0.3, 0.4) is 0 Å². The normalized spacial score (nSPS) is 15.1. The van der Waals surface area contributed by atoms with Gasteiger partial charge in [0.25, 0.3) is 11.8 Å². The van der Waals surface area contributed by atoms with E-state index in [9.17, 15) is 50.6 Å². The van der Waals surface area contributed by atoms with Gasteiger partial charge >= 0.3 is 30.3 Å². The molecule has 0 aliphatic heterocycles. The number of hydrogen-bond donors (Lipinski definition) is 12. The lowest BCUT2D eigenvalue weighted by atomic mass is 10.0. The van der Waals surface area contributed by atoms with Crippen molar-refractivity contribution in [3.63, 3.8) is 0 Å². The van der Waals surface area contributed by atoms with Crippen molar-refractivity contribution in [2.24, 2.45) is 22.2 Å². The van der Waals surface area contributed by atoms with E-state index >= 15 is 0 Å². The molecule has 99 heavy (non-hydrogen) atoms. The average Bonchev–Trinajstić information content (AvgIpc) is 1.63. The molecule has 524 valence electrons. The zero-order chi connectivity index (χ0) is 75.1. The van der Waals surface area contributed by atoms with Crippen LogP contribution in [0.4, 0.5) is 61.5 Å². The Morgan fingerprint density at radius 2 is 1.05 bits per heavy atom. The fourth-order valence-electron chi connectivity index (χ4n) is 9.76. The summed E-state index contributed by atoms with van der Waals surface area (Å²) in [6.45, 7) is -2.48. The molecule has 3 amide bonds. The van der Waals surface area contributed by atoms with Gasteiger partial charge in [0.1, 0.15) is 12.1 Å². The predicted octanol–water partition coefficient (Wildman–Crippen LogP) is 10.8. The third kappa shape index (κ3) is 23.9. The molecule has 0 unspecified atom stereocenters. The Bertz CT molecular complexity index is 4170. The number of halogens is 8. The first-order valence-electron chi connectivity index (χ1n) is 32.6. The second-order valence-electron chi connectivity index (χ2n) is 23.0. The van der Waals surface area contributed by atoms with Gasteiger partial charge < -0.3 is 74.4 Å². The number of aromatic nitrogens is 6. The highest BCUT2D eigenvalue weighted by Crippen LogP contribution is 2.49. The topological polar surface area (TPSA) is 383 Å². The van der Waals surface area contributed by atoms with Crippen LogP contribution in [0.15, 0.2) is 145 Å². The minimum atomic E-state index is -5.41. The molecule has 3 atom stereocenters. The van der Waals surface area contributed by atoms with E-state index in [0.29, 0.717) is 91.3 Å². The van der Waals surface area contributed by atoms with Crippen LogP contribution in [0, 0.1) is 5.41 Å². The number of guanidine groups is 1. The lowest BCUT2D eigenvalue weighted by molar-refractivity contribution is -0.155.